The van der Waals surface area contributed by atoms with Crippen molar-refractivity contribution in [1.82, 2.24) is 14.5 Å². The van der Waals surface area contributed by atoms with Crippen LogP contribution in [0.25, 0.3) is 28.1 Å². The average molecular weight is 504 g/mol. The smallest absolute Gasteiger partial charge is 0.406 e. The van der Waals surface area contributed by atoms with Gasteiger partial charge in [-0.05, 0) is 81.4 Å². The molecule has 5 rings (SSSR count). The van der Waals surface area contributed by atoms with Crippen LogP contribution in [0.15, 0.2) is 84.0 Å². The van der Waals surface area contributed by atoms with Crippen molar-refractivity contribution >= 4 is 22.4 Å². The molecule has 1 N–H and O–H groups in total. The Morgan fingerprint density at radius 1 is 0.946 bits per heavy atom. The molecule has 0 saturated heterocycles. The number of aromatic nitrogens is 3. The van der Waals surface area contributed by atoms with Gasteiger partial charge in [0.05, 0.1) is 44.8 Å². The molecule has 0 fully saturated rings. The predicted molar refractivity (Wildman–Crippen MR) is 137 cm³/mol. The summed E-state index contributed by atoms with van der Waals surface area (Å²) in [6.07, 6.45) is -3.02. The zero-order valence-electron chi connectivity index (χ0n) is 20.4. The fraction of sp³-hybridized carbons (Fsp3) is 0.179. The highest BCUT2D eigenvalue weighted by Gasteiger charge is 2.31. The summed E-state index contributed by atoms with van der Waals surface area (Å²) < 4.78 is 44.1. The summed E-state index contributed by atoms with van der Waals surface area (Å²) in [5.41, 5.74) is 6.15. The summed E-state index contributed by atoms with van der Waals surface area (Å²) in [5, 5.41) is 4.18. The van der Waals surface area contributed by atoms with Crippen molar-refractivity contribution in [3.05, 3.63) is 90.0 Å². The molecule has 6 nitrogen and oxygen atoms in total. The predicted octanol–water partition coefficient (Wildman–Crippen LogP) is 6.79. The Bertz CT molecular complexity index is 1610. The van der Waals surface area contributed by atoms with Crippen LogP contribution in [-0.2, 0) is 0 Å². The Hall–Kier alpha value is -4.40. The van der Waals surface area contributed by atoms with Crippen LogP contribution >= 0.6 is 0 Å². The lowest BCUT2D eigenvalue weighted by molar-refractivity contribution is -0.274. The molecule has 0 unspecified atom stereocenters. The van der Waals surface area contributed by atoms with Crippen molar-refractivity contribution in [3.8, 4) is 22.8 Å². The maximum absolute atomic E-state index is 12.7. The monoisotopic (exact) mass is 503 g/mol. The van der Waals surface area contributed by atoms with E-state index in [2.05, 4.69) is 15.0 Å². The number of hydrogen-bond acceptors (Lipinski definition) is 5. The van der Waals surface area contributed by atoms with E-state index in [0.717, 1.165) is 39.2 Å². The highest BCUT2D eigenvalue weighted by Crippen LogP contribution is 2.32. The van der Waals surface area contributed by atoms with Crippen LogP contribution in [0.4, 0.5) is 24.5 Å². The quantitative estimate of drug-likeness (QED) is 0.268. The molecule has 0 radical (unpaired) electrons. The molecule has 2 aromatic carbocycles. The molecule has 2 heterocycles. The molecule has 188 valence electrons. The summed E-state index contributed by atoms with van der Waals surface area (Å²) in [6, 6.07) is 21.1. The summed E-state index contributed by atoms with van der Waals surface area (Å²) >= 11 is 0. The van der Waals surface area contributed by atoms with E-state index in [1.807, 2.05) is 73.9 Å². The minimum Gasteiger partial charge on any atom is -0.406 e. The highest BCUT2D eigenvalue weighted by atomic mass is 19.4. The number of fused-ring (bicyclic) bond motifs is 2. The SMILES string of the molecule is Cc1ncccc1Nc1cc2nc3ccccc3n(-c3ccc(OC(F)(F)F)cc3)c-2c/c1=N\C(C)C. The molecule has 1 aromatic heterocycles. The van der Waals surface area contributed by atoms with Gasteiger partial charge < -0.3 is 14.6 Å². The second-order valence-electron chi connectivity index (χ2n) is 8.82. The zero-order chi connectivity index (χ0) is 26.2. The molecule has 0 saturated carbocycles. The van der Waals surface area contributed by atoms with E-state index in [1.54, 1.807) is 18.3 Å². The number of nitrogens with zero attached hydrogens (tertiary/aromatic N) is 4. The van der Waals surface area contributed by atoms with Crippen molar-refractivity contribution in [2.24, 2.45) is 4.99 Å². The number of alkyl halides is 3. The number of rotatable bonds is 5. The minimum atomic E-state index is -4.76. The molecular weight excluding hydrogens is 479 g/mol. The van der Waals surface area contributed by atoms with Crippen molar-refractivity contribution in [2.45, 2.75) is 33.2 Å². The maximum atomic E-state index is 12.7. The number of hydrogen-bond donors (Lipinski definition) is 1. The molecule has 37 heavy (non-hydrogen) atoms. The Kier molecular flexibility index (Phi) is 6.29. The first kappa shape index (κ1) is 24.3. The van der Waals surface area contributed by atoms with Crippen LogP contribution in [0, 0.1) is 6.92 Å². The van der Waals surface area contributed by atoms with Crippen molar-refractivity contribution in [2.75, 3.05) is 5.32 Å². The van der Waals surface area contributed by atoms with Gasteiger partial charge >= 0.3 is 6.36 Å². The van der Waals surface area contributed by atoms with Gasteiger partial charge in [-0.3, -0.25) is 9.98 Å². The molecule has 0 amide bonds. The Morgan fingerprint density at radius 2 is 1.70 bits per heavy atom. The van der Waals surface area contributed by atoms with E-state index in [4.69, 9.17) is 9.98 Å². The van der Waals surface area contributed by atoms with Crippen LogP contribution in [0.2, 0.25) is 0 Å². The van der Waals surface area contributed by atoms with Crippen molar-refractivity contribution in [1.29, 1.82) is 0 Å². The molecule has 2 aliphatic rings. The highest BCUT2D eigenvalue weighted by molar-refractivity contribution is 5.84. The summed E-state index contributed by atoms with van der Waals surface area (Å²) in [4.78, 5) is 14.1. The third-order valence-corrected chi connectivity index (χ3v) is 5.70. The van der Waals surface area contributed by atoms with Crippen molar-refractivity contribution in [3.63, 3.8) is 0 Å². The van der Waals surface area contributed by atoms with Gasteiger partial charge in [-0.25, -0.2) is 4.98 Å². The number of para-hydroxylation sites is 2. The van der Waals surface area contributed by atoms with E-state index in [0.29, 0.717) is 11.4 Å². The molecule has 9 heteroatoms. The number of aryl methyl sites for hydroxylation is 1. The first-order valence-corrected chi connectivity index (χ1v) is 11.7. The normalized spacial score (nSPS) is 12.5. The minimum absolute atomic E-state index is 0.0219. The van der Waals surface area contributed by atoms with Crippen LogP contribution in [-0.4, -0.2) is 26.9 Å². The standard InChI is InChI=1S/C28H24F3N5O/c1-17(2)33-24-16-27-25(15-23(24)34-21-8-6-14-32-18(21)3)35-22-7-4-5-9-26(22)36(27)19-10-12-20(13-11-19)37-28(29,30)31/h4-17,34H,1-3H3/b33-24+. The van der Waals surface area contributed by atoms with E-state index in [1.165, 1.54) is 12.1 Å². The number of halogens is 3. The van der Waals surface area contributed by atoms with Gasteiger partial charge in [-0.1, -0.05) is 12.1 Å². The number of pyridine rings is 1. The first-order chi connectivity index (χ1) is 17.7. The summed E-state index contributed by atoms with van der Waals surface area (Å²) in [6.45, 7) is 5.92. The molecule has 1 aliphatic carbocycles. The lowest BCUT2D eigenvalue weighted by atomic mass is 10.1. The zero-order valence-corrected chi connectivity index (χ0v) is 20.4. The van der Waals surface area contributed by atoms with Gasteiger partial charge in [0.15, 0.2) is 0 Å². The molecule has 1 aliphatic heterocycles. The van der Waals surface area contributed by atoms with Crippen LogP contribution in [0.1, 0.15) is 19.5 Å². The number of nitrogens with one attached hydrogen (secondary N) is 1. The number of ether oxygens (including phenoxy) is 1. The summed E-state index contributed by atoms with van der Waals surface area (Å²) in [7, 11) is 0. The van der Waals surface area contributed by atoms with E-state index >= 15 is 0 Å². The number of benzene rings is 3. The van der Waals surface area contributed by atoms with Gasteiger partial charge in [-0.2, -0.15) is 0 Å². The second-order valence-corrected chi connectivity index (χ2v) is 8.82. The number of anilines is 2. The Morgan fingerprint density at radius 3 is 2.41 bits per heavy atom. The average Bonchev–Trinajstić information content (AvgIpc) is 2.84. The van der Waals surface area contributed by atoms with E-state index in [-0.39, 0.29) is 11.8 Å². The third-order valence-electron chi connectivity index (χ3n) is 5.70. The molecular formula is C28H24F3N5O. The fourth-order valence-electron chi connectivity index (χ4n) is 4.16. The second kappa shape index (κ2) is 9.57. The maximum Gasteiger partial charge on any atom is 0.573 e. The van der Waals surface area contributed by atoms with Gasteiger partial charge in [0.2, 0.25) is 0 Å². The van der Waals surface area contributed by atoms with E-state index in [9.17, 15) is 13.2 Å². The third kappa shape index (κ3) is 5.25. The van der Waals surface area contributed by atoms with Gasteiger partial charge in [0.25, 0.3) is 0 Å². The van der Waals surface area contributed by atoms with Gasteiger partial charge in [0.1, 0.15) is 5.75 Å². The topological polar surface area (TPSA) is 64.3 Å². The Balaban J connectivity index is 1.74. The molecule has 3 aromatic rings. The van der Waals surface area contributed by atoms with Crippen LogP contribution in [0.5, 0.6) is 5.75 Å². The summed E-state index contributed by atoms with van der Waals surface area (Å²) in [5.74, 6) is -0.284. The lowest BCUT2D eigenvalue weighted by Crippen LogP contribution is -2.17. The molecule has 0 bridgehead atoms. The first-order valence-electron chi connectivity index (χ1n) is 11.7. The fourth-order valence-corrected chi connectivity index (χ4v) is 4.16. The molecule has 0 spiro atoms. The van der Waals surface area contributed by atoms with Gasteiger partial charge in [-0.15, -0.1) is 13.2 Å². The molecule has 0 atom stereocenters. The lowest BCUT2D eigenvalue weighted by Gasteiger charge is -2.21. The van der Waals surface area contributed by atoms with E-state index < -0.39 is 6.36 Å². The Labute approximate surface area is 211 Å². The largest absolute Gasteiger partial charge is 0.573 e. The van der Waals surface area contributed by atoms with Gasteiger partial charge in [0, 0.05) is 17.9 Å². The van der Waals surface area contributed by atoms with Crippen LogP contribution < -0.4 is 15.4 Å². The van der Waals surface area contributed by atoms with Crippen molar-refractivity contribution < 1.29 is 17.9 Å². The van der Waals surface area contributed by atoms with Crippen LogP contribution in [0.3, 0.4) is 0 Å².